The monoisotopic (exact) mass is 429 g/mol. The van der Waals surface area contributed by atoms with Crippen molar-refractivity contribution in [2.24, 2.45) is 0 Å². The molecule has 6 nitrogen and oxygen atoms in total. The minimum atomic E-state index is -3.78. The average molecular weight is 430 g/mol. The van der Waals surface area contributed by atoms with Gasteiger partial charge in [0.05, 0.1) is 15.6 Å². The molecule has 0 radical (unpaired) electrons. The summed E-state index contributed by atoms with van der Waals surface area (Å²) in [5.41, 5.74) is 0.730. The molecule has 1 aliphatic rings. The van der Waals surface area contributed by atoms with E-state index in [1.54, 1.807) is 24.3 Å². The first-order chi connectivity index (χ1) is 12.5. The van der Waals surface area contributed by atoms with Crippen LogP contribution in [0.25, 0.3) is 0 Å². The van der Waals surface area contributed by atoms with E-state index in [0.29, 0.717) is 16.3 Å². The summed E-state index contributed by atoms with van der Waals surface area (Å²) in [5, 5.41) is 6.51. The maximum atomic E-state index is 12.5. The minimum absolute atomic E-state index is 0. The van der Waals surface area contributed by atoms with E-state index >= 15 is 0 Å². The summed E-state index contributed by atoms with van der Waals surface area (Å²) in [7, 11) is -3.78. The number of hydrogen-bond donors (Lipinski definition) is 3. The highest BCUT2D eigenvalue weighted by Crippen LogP contribution is 2.24. The number of sulfonamides is 1. The molecule has 0 saturated carbocycles. The normalized spacial score (nSPS) is 16.9. The molecule has 1 aliphatic heterocycles. The van der Waals surface area contributed by atoms with E-state index in [0.717, 1.165) is 25.9 Å². The molecule has 1 heterocycles. The molecule has 0 aromatic heterocycles. The number of piperidine rings is 1. The molecule has 0 bridgehead atoms. The fourth-order valence-corrected chi connectivity index (χ4v) is 4.10. The van der Waals surface area contributed by atoms with Gasteiger partial charge in [-0.2, -0.15) is 0 Å². The van der Waals surface area contributed by atoms with Gasteiger partial charge in [0.15, 0.2) is 0 Å². The first-order valence-electron chi connectivity index (χ1n) is 8.35. The Morgan fingerprint density at radius 2 is 1.81 bits per heavy atom. The number of halogens is 2. The van der Waals surface area contributed by atoms with Gasteiger partial charge in [-0.3, -0.25) is 9.52 Å². The SMILES string of the molecule is Cl.O=C(N[C@H]1CCCNC1)c1ccc(S(=O)(=O)Nc2ccccc2Cl)cc1. The number of para-hydroxylation sites is 1. The number of anilines is 1. The number of amides is 1. The van der Waals surface area contributed by atoms with Gasteiger partial charge in [0.1, 0.15) is 0 Å². The number of carbonyl (C=O) groups is 1. The van der Waals surface area contributed by atoms with Gasteiger partial charge < -0.3 is 10.6 Å². The summed E-state index contributed by atoms with van der Waals surface area (Å²) >= 11 is 5.99. The predicted molar refractivity (Wildman–Crippen MR) is 109 cm³/mol. The molecule has 1 atom stereocenters. The number of benzene rings is 2. The van der Waals surface area contributed by atoms with Gasteiger partial charge in [-0.1, -0.05) is 23.7 Å². The molecule has 3 rings (SSSR count). The Morgan fingerprint density at radius 3 is 2.44 bits per heavy atom. The zero-order valence-corrected chi connectivity index (χ0v) is 16.8. The van der Waals surface area contributed by atoms with E-state index in [1.807, 2.05) is 0 Å². The molecule has 2 aromatic carbocycles. The summed E-state index contributed by atoms with van der Waals surface area (Å²) in [6.07, 6.45) is 1.96. The lowest BCUT2D eigenvalue weighted by atomic mass is 10.1. The van der Waals surface area contributed by atoms with Crippen LogP contribution in [0.15, 0.2) is 53.4 Å². The van der Waals surface area contributed by atoms with Crippen LogP contribution in [-0.4, -0.2) is 33.5 Å². The molecule has 0 aliphatic carbocycles. The maximum absolute atomic E-state index is 12.5. The zero-order chi connectivity index (χ0) is 18.6. The summed E-state index contributed by atoms with van der Waals surface area (Å²) in [4.78, 5) is 12.4. The Hall–Kier alpha value is -1.80. The molecule has 2 aromatic rings. The van der Waals surface area contributed by atoms with Gasteiger partial charge in [0.2, 0.25) is 0 Å². The van der Waals surface area contributed by atoms with Crippen molar-refractivity contribution in [1.29, 1.82) is 0 Å². The topological polar surface area (TPSA) is 87.3 Å². The molecule has 1 fully saturated rings. The Balaban J connectivity index is 0.00000261. The number of nitrogens with one attached hydrogen (secondary N) is 3. The number of carbonyl (C=O) groups excluding carboxylic acids is 1. The van der Waals surface area contributed by atoms with Crippen molar-refractivity contribution < 1.29 is 13.2 Å². The number of hydrogen-bond acceptors (Lipinski definition) is 4. The van der Waals surface area contributed by atoms with Crippen LogP contribution >= 0.6 is 24.0 Å². The first-order valence-corrected chi connectivity index (χ1v) is 10.2. The van der Waals surface area contributed by atoms with Gasteiger partial charge in [0, 0.05) is 18.2 Å². The van der Waals surface area contributed by atoms with Crippen LogP contribution in [0.5, 0.6) is 0 Å². The summed E-state index contributed by atoms with van der Waals surface area (Å²) in [6.45, 7) is 1.72. The average Bonchev–Trinajstić information content (AvgIpc) is 2.64. The Morgan fingerprint density at radius 1 is 1.11 bits per heavy atom. The van der Waals surface area contributed by atoms with Crippen molar-refractivity contribution in [2.45, 2.75) is 23.8 Å². The molecule has 0 unspecified atom stereocenters. The fourth-order valence-electron chi connectivity index (χ4n) is 2.78. The second-order valence-electron chi connectivity index (χ2n) is 6.13. The fraction of sp³-hybridized carbons (Fsp3) is 0.278. The molecule has 146 valence electrons. The second kappa shape index (κ2) is 9.41. The van der Waals surface area contributed by atoms with E-state index in [4.69, 9.17) is 11.6 Å². The smallest absolute Gasteiger partial charge is 0.261 e. The van der Waals surface area contributed by atoms with Crippen LogP contribution in [0.3, 0.4) is 0 Å². The molecular weight excluding hydrogens is 409 g/mol. The Bertz CT molecular complexity index is 883. The summed E-state index contributed by atoms with van der Waals surface area (Å²) in [6, 6.07) is 12.5. The van der Waals surface area contributed by atoms with Gasteiger partial charge in [-0.25, -0.2) is 8.42 Å². The van der Waals surface area contributed by atoms with Crippen LogP contribution in [0.1, 0.15) is 23.2 Å². The Kier molecular flexibility index (Phi) is 7.49. The Labute approximate surface area is 170 Å². The van der Waals surface area contributed by atoms with Crippen molar-refractivity contribution >= 4 is 45.6 Å². The lowest BCUT2D eigenvalue weighted by Crippen LogP contribution is -2.45. The van der Waals surface area contributed by atoms with E-state index < -0.39 is 10.0 Å². The molecule has 27 heavy (non-hydrogen) atoms. The first kappa shape index (κ1) is 21.5. The van der Waals surface area contributed by atoms with Crippen LogP contribution in [0, 0.1) is 0 Å². The second-order valence-corrected chi connectivity index (χ2v) is 8.22. The van der Waals surface area contributed by atoms with Crippen molar-refractivity contribution in [3.63, 3.8) is 0 Å². The van der Waals surface area contributed by atoms with Gasteiger partial charge in [-0.15, -0.1) is 12.4 Å². The highest BCUT2D eigenvalue weighted by molar-refractivity contribution is 7.92. The summed E-state index contributed by atoms with van der Waals surface area (Å²) < 4.78 is 27.4. The summed E-state index contributed by atoms with van der Waals surface area (Å²) in [5.74, 6) is -0.207. The zero-order valence-electron chi connectivity index (χ0n) is 14.4. The largest absolute Gasteiger partial charge is 0.348 e. The van der Waals surface area contributed by atoms with Crippen molar-refractivity contribution in [3.8, 4) is 0 Å². The third-order valence-electron chi connectivity index (χ3n) is 4.18. The lowest BCUT2D eigenvalue weighted by molar-refractivity contribution is 0.0930. The highest BCUT2D eigenvalue weighted by atomic mass is 35.5. The van der Waals surface area contributed by atoms with E-state index in [1.165, 1.54) is 24.3 Å². The van der Waals surface area contributed by atoms with Crippen LogP contribution < -0.4 is 15.4 Å². The molecule has 1 saturated heterocycles. The minimum Gasteiger partial charge on any atom is -0.348 e. The van der Waals surface area contributed by atoms with Gasteiger partial charge >= 0.3 is 0 Å². The standard InChI is InChI=1S/C18H20ClN3O3S.ClH/c19-16-5-1-2-6-17(16)22-26(24,25)15-9-7-13(8-10-15)18(23)21-14-4-3-11-20-12-14;/h1-2,5-10,14,20,22H,3-4,11-12H2,(H,21,23);1H/t14-;/m0./s1. The van der Waals surface area contributed by atoms with Crippen molar-refractivity contribution in [1.82, 2.24) is 10.6 Å². The highest BCUT2D eigenvalue weighted by Gasteiger charge is 2.19. The molecule has 3 N–H and O–H groups in total. The number of rotatable bonds is 5. The van der Waals surface area contributed by atoms with Crippen LogP contribution in [0.4, 0.5) is 5.69 Å². The van der Waals surface area contributed by atoms with E-state index in [-0.39, 0.29) is 29.3 Å². The lowest BCUT2D eigenvalue weighted by Gasteiger charge is -2.23. The van der Waals surface area contributed by atoms with E-state index in [2.05, 4.69) is 15.4 Å². The molecule has 9 heteroatoms. The molecule has 0 spiro atoms. The predicted octanol–water partition coefficient (Wildman–Crippen LogP) is 3.04. The molecular formula is C18H21Cl2N3O3S. The van der Waals surface area contributed by atoms with Gasteiger partial charge in [-0.05, 0) is 55.8 Å². The molecule has 1 amide bonds. The van der Waals surface area contributed by atoms with Crippen molar-refractivity contribution in [3.05, 3.63) is 59.1 Å². The quantitative estimate of drug-likeness (QED) is 0.681. The van der Waals surface area contributed by atoms with Crippen LogP contribution in [0.2, 0.25) is 5.02 Å². The third kappa shape index (κ3) is 5.59. The van der Waals surface area contributed by atoms with E-state index in [9.17, 15) is 13.2 Å². The maximum Gasteiger partial charge on any atom is 0.261 e. The van der Waals surface area contributed by atoms with Crippen LogP contribution in [-0.2, 0) is 10.0 Å². The third-order valence-corrected chi connectivity index (χ3v) is 5.89. The van der Waals surface area contributed by atoms with Gasteiger partial charge in [0.25, 0.3) is 15.9 Å². The van der Waals surface area contributed by atoms with Crippen molar-refractivity contribution in [2.75, 3.05) is 17.8 Å².